The summed E-state index contributed by atoms with van der Waals surface area (Å²) in [6.07, 6.45) is 18.7. The summed E-state index contributed by atoms with van der Waals surface area (Å²) in [6, 6.07) is 16.3. The lowest BCUT2D eigenvalue weighted by atomic mass is 9.78. The minimum absolute atomic E-state index is 0.365. The Balaban J connectivity index is 0.00000112. The number of para-hydroxylation sites is 1. The maximum Gasteiger partial charge on any atom is 0.478 e. The molecule has 1 unspecified atom stereocenters. The van der Waals surface area contributed by atoms with Gasteiger partial charge < -0.3 is 39.6 Å². The highest BCUT2D eigenvalue weighted by molar-refractivity contribution is 7.60. The molecule has 2 rings (SSSR count). The first kappa shape index (κ1) is 44.4. The zero-order valence-electron chi connectivity index (χ0n) is 28.8. The Morgan fingerprint density at radius 3 is 1.42 bits per heavy atom. The molecule has 1 atom stereocenters. The average Bonchev–Trinajstić information content (AvgIpc) is 3.04. The van der Waals surface area contributed by atoms with E-state index in [1.54, 1.807) is 0 Å². The van der Waals surface area contributed by atoms with E-state index in [0.29, 0.717) is 0 Å². The van der Waals surface area contributed by atoms with E-state index >= 15 is 0 Å². The summed E-state index contributed by atoms with van der Waals surface area (Å²) in [6.45, 7) is 3.40. The monoisotopic (exact) mass is 718 g/mol. The van der Waals surface area contributed by atoms with Gasteiger partial charge in [-0.15, -0.1) is 0 Å². The van der Waals surface area contributed by atoms with Crippen molar-refractivity contribution in [3.63, 3.8) is 0 Å². The number of aliphatic hydroxyl groups is 3. The van der Waals surface area contributed by atoms with Crippen molar-refractivity contribution in [3.8, 4) is 5.75 Å². The van der Waals surface area contributed by atoms with Crippen LogP contribution in [0.3, 0.4) is 0 Å². The van der Waals surface area contributed by atoms with E-state index in [2.05, 4.69) is 30.3 Å². The lowest BCUT2D eigenvalue weighted by molar-refractivity contribution is -0.0748. The van der Waals surface area contributed by atoms with Crippen LogP contribution < -0.4 is 4.74 Å². The molecule has 0 aliphatic rings. The Morgan fingerprint density at radius 2 is 0.979 bits per heavy atom. The van der Waals surface area contributed by atoms with Crippen LogP contribution in [0.15, 0.2) is 48.5 Å². The molecule has 2 aromatic rings. The predicted molar refractivity (Wildman–Crippen MR) is 189 cm³/mol. The van der Waals surface area contributed by atoms with Gasteiger partial charge in [-0.2, -0.15) is 4.31 Å². The van der Waals surface area contributed by atoms with Crippen molar-refractivity contribution in [1.82, 2.24) is 0 Å². The standard InChI is InChI=1S/C35H56O4.H4O7P2/c1-3-5-7-9-11-13-15-21-30-22-17-19-25-32(30)34(35(27-36,28-37)29-38)39-33-26-20-18-24-31(33)23-16-14-12-10-8-6-4-2;1-8(2,3)7-9(4,5)6/h17-20,22,24-26,34,36-38H,3-16,21,23,27-29H2,1-2H3;(H2,1,2,3)(H2,4,5,6). The second kappa shape index (κ2) is 24.5. The van der Waals surface area contributed by atoms with Gasteiger partial charge in [0, 0.05) is 0 Å². The summed E-state index contributed by atoms with van der Waals surface area (Å²) in [7, 11) is -10.1. The van der Waals surface area contributed by atoms with Gasteiger partial charge in [0.2, 0.25) is 0 Å². The maximum absolute atomic E-state index is 10.4. The van der Waals surface area contributed by atoms with E-state index in [-0.39, 0.29) is 19.8 Å². The topological polar surface area (TPSA) is 194 Å². The highest BCUT2D eigenvalue weighted by atomic mass is 31.3. The third-order valence-electron chi connectivity index (χ3n) is 8.37. The molecule has 0 saturated carbocycles. The van der Waals surface area contributed by atoms with Gasteiger partial charge in [0.05, 0.1) is 25.2 Å². The summed E-state index contributed by atoms with van der Waals surface area (Å²) in [4.78, 5) is 31.0. The third kappa shape index (κ3) is 18.4. The molecule has 7 N–H and O–H groups in total. The molecule has 48 heavy (non-hydrogen) atoms. The van der Waals surface area contributed by atoms with Gasteiger partial charge in [-0.05, 0) is 48.4 Å². The van der Waals surface area contributed by atoms with Crippen molar-refractivity contribution >= 4 is 15.6 Å². The molecule has 0 spiro atoms. The molecule has 13 heteroatoms. The molecule has 0 heterocycles. The van der Waals surface area contributed by atoms with Crippen LogP contribution in [0, 0.1) is 5.41 Å². The summed E-state index contributed by atoms with van der Waals surface area (Å²) in [5.74, 6) is 0.777. The minimum Gasteiger partial charge on any atom is -0.485 e. The molecule has 0 radical (unpaired) electrons. The van der Waals surface area contributed by atoms with Crippen molar-refractivity contribution < 1.29 is 53.1 Å². The first-order valence-electron chi connectivity index (χ1n) is 17.3. The van der Waals surface area contributed by atoms with Crippen molar-refractivity contribution in [2.45, 2.75) is 123 Å². The van der Waals surface area contributed by atoms with Crippen LogP contribution in [-0.4, -0.2) is 54.7 Å². The molecule has 0 saturated heterocycles. The predicted octanol–water partition coefficient (Wildman–Crippen LogP) is 7.54. The molecule has 0 fully saturated rings. The fourth-order valence-electron chi connectivity index (χ4n) is 5.57. The fourth-order valence-corrected chi connectivity index (χ4v) is 6.68. The first-order chi connectivity index (χ1) is 22.9. The number of phosphoric acid groups is 2. The second-order valence-electron chi connectivity index (χ2n) is 12.4. The molecular weight excluding hydrogens is 658 g/mol. The molecule has 0 aliphatic carbocycles. The highest BCUT2D eigenvalue weighted by Crippen LogP contribution is 2.53. The zero-order valence-corrected chi connectivity index (χ0v) is 30.6. The quantitative estimate of drug-likeness (QED) is 0.0396. The molecule has 276 valence electrons. The van der Waals surface area contributed by atoms with E-state index < -0.39 is 27.2 Å². The first-order valence-corrected chi connectivity index (χ1v) is 20.4. The van der Waals surface area contributed by atoms with Gasteiger partial charge in [-0.1, -0.05) is 133 Å². The summed E-state index contributed by atoms with van der Waals surface area (Å²) in [5.41, 5.74) is 2.07. The number of ether oxygens (including phenoxy) is 1. The van der Waals surface area contributed by atoms with E-state index in [4.69, 9.17) is 24.3 Å². The Labute approximate surface area is 287 Å². The third-order valence-corrected chi connectivity index (χ3v) is 10.1. The van der Waals surface area contributed by atoms with Gasteiger partial charge in [-0.25, -0.2) is 9.13 Å². The molecular formula is C35H60O11P2. The molecule has 0 aromatic heterocycles. The normalized spacial score (nSPS) is 12.8. The van der Waals surface area contributed by atoms with E-state index in [1.165, 1.54) is 82.6 Å². The molecule has 2 aromatic carbocycles. The summed E-state index contributed by atoms with van der Waals surface area (Å²) >= 11 is 0. The SMILES string of the molecule is CCCCCCCCCc1ccccc1OC(c1ccccc1CCCCCCCCC)C(CO)(CO)CO.O=P(O)(O)OP(=O)(O)O. The minimum atomic E-state index is -5.05. The van der Waals surface area contributed by atoms with Crippen LogP contribution in [0.5, 0.6) is 5.75 Å². The number of aliphatic hydroxyl groups excluding tert-OH is 3. The van der Waals surface area contributed by atoms with Crippen molar-refractivity contribution in [1.29, 1.82) is 0 Å². The number of hydrogen-bond acceptors (Lipinski definition) is 7. The van der Waals surface area contributed by atoms with Crippen LogP contribution in [0.2, 0.25) is 0 Å². The number of benzene rings is 2. The Bertz CT molecular complexity index is 1180. The largest absolute Gasteiger partial charge is 0.485 e. The van der Waals surface area contributed by atoms with Gasteiger partial charge in [0.15, 0.2) is 0 Å². The van der Waals surface area contributed by atoms with E-state index in [1.807, 2.05) is 36.4 Å². The Morgan fingerprint density at radius 1 is 0.583 bits per heavy atom. The lowest BCUT2D eigenvalue weighted by Crippen LogP contribution is -2.43. The highest BCUT2D eigenvalue weighted by Gasteiger charge is 2.42. The lowest BCUT2D eigenvalue weighted by Gasteiger charge is -2.38. The fraction of sp³-hybridized carbons (Fsp3) is 0.657. The van der Waals surface area contributed by atoms with Crippen LogP contribution in [-0.2, 0) is 26.3 Å². The van der Waals surface area contributed by atoms with Gasteiger partial charge >= 0.3 is 15.6 Å². The summed E-state index contributed by atoms with van der Waals surface area (Å²) in [5, 5.41) is 31.3. The van der Waals surface area contributed by atoms with Crippen molar-refractivity contribution in [2.75, 3.05) is 19.8 Å². The Kier molecular flexibility index (Phi) is 22.7. The van der Waals surface area contributed by atoms with Gasteiger partial charge in [0.1, 0.15) is 11.9 Å². The van der Waals surface area contributed by atoms with E-state index in [9.17, 15) is 24.4 Å². The van der Waals surface area contributed by atoms with Crippen LogP contribution >= 0.6 is 15.6 Å². The van der Waals surface area contributed by atoms with Gasteiger partial charge in [0.25, 0.3) is 0 Å². The molecule has 0 amide bonds. The zero-order chi connectivity index (χ0) is 35.9. The number of rotatable bonds is 25. The van der Waals surface area contributed by atoms with Crippen LogP contribution in [0.1, 0.15) is 127 Å². The van der Waals surface area contributed by atoms with E-state index in [0.717, 1.165) is 42.6 Å². The van der Waals surface area contributed by atoms with Gasteiger partial charge in [-0.3, -0.25) is 0 Å². The van der Waals surface area contributed by atoms with Crippen LogP contribution in [0.25, 0.3) is 0 Å². The second-order valence-corrected chi connectivity index (χ2v) is 15.1. The maximum atomic E-state index is 10.4. The van der Waals surface area contributed by atoms with Crippen molar-refractivity contribution in [3.05, 3.63) is 65.2 Å². The number of hydrogen-bond donors (Lipinski definition) is 7. The number of unbranched alkanes of at least 4 members (excludes halogenated alkanes) is 12. The molecule has 0 aliphatic heterocycles. The van der Waals surface area contributed by atoms with Crippen LogP contribution in [0.4, 0.5) is 0 Å². The molecule has 0 bridgehead atoms. The molecule has 11 nitrogen and oxygen atoms in total. The summed E-state index contributed by atoms with van der Waals surface area (Å²) < 4.78 is 28.9. The van der Waals surface area contributed by atoms with Crippen molar-refractivity contribution in [2.24, 2.45) is 5.41 Å². The smallest absolute Gasteiger partial charge is 0.478 e. The number of aryl methyl sites for hydroxylation is 2. The average molecular weight is 719 g/mol. The Hall–Kier alpha value is -1.62.